The van der Waals surface area contributed by atoms with Crippen LogP contribution in [0.2, 0.25) is 0 Å². The molecule has 0 spiro atoms. The van der Waals surface area contributed by atoms with Crippen molar-refractivity contribution in [3.8, 4) is 0 Å². The molecular weight excluding hydrogens is 709 g/mol. The van der Waals surface area contributed by atoms with E-state index >= 15 is 0 Å². The van der Waals surface area contributed by atoms with Gasteiger partial charge < -0.3 is 36.2 Å². The predicted octanol–water partition coefficient (Wildman–Crippen LogP) is 3.41. The zero-order valence-corrected chi connectivity index (χ0v) is 33.9. The average molecular weight is 777 g/mol. The van der Waals surface area contributed by atoms with Gasteiger partial charge in [0, 0.05) is 26.1 Å². The number of nitrogens with zero attached hydrogens (tertiary/aromatic N) is 2. The van der Waals surface area contributed by atoms with Crippen LogP contribution < -0.4 is 21.3 Å². The largest absolute Gasteiger partial charge is 0.391 e. The molecule has 2 aliphatic heterocycles. The van der Waals surface area contributed by atoms with E-state index in [-0.39, 0.29) is 23.6 Å². The number of rotatable bonds is 18. The maximum Gasteiger partial charge on any atom is 0.246 e. The molecule has 0 unspecified atom stereocenters. The summed E-state index contributed by atoms with van der Waals surface area (Å²) in [4.78, 5) is 85.5. The van der Waals surface area contributed by atoms with Crippen molar-refractivity contribution in [1.29, 1.82) is 0 Å². The monoisotopic (exact) mass is 776 g/mol. The third-order valence-corrected chi connectivity index (χ3v) is 12.6. The minimum Gasteiger partial charge on any atom is -0.391 e. The van der Waals surface area contributed by atoms with Crippen LogP contribution in [0.3, 0.4) is 0 Å². The second kappa shape index (κ2) is 22.6. The molecule has 2 heterocycles. The van der Waals surface area contributed by atoms with Gasteiger partial charge in [0.25, 0.3) is 0 Å². The van der Waals surface area contributed by atoms with Gasteiger partial charge in [0.15, 0.2) is 0 Å². The summed E-state index contributed by atoms with van der Waals surface area (Å²) in [5.74, 6) is -0.891. The molecule has 54 heavy (non-hydrogen) atoms. The lowest BCUT2D eigenvalue weighted by atomic mass is 9.82. The van der Waals surface area contributed by atoms with Crippen molar-refractivity contribution in [2.45, 2.75) is 172 Å². The normalized spacial score (nSPS) is 23.5. The number of carbonyl (C=O) groups excluding carboxylic acids is 6. The first kappa shape index (κ1) is 43.9. The molecule has 6 atom stereocenters. The van der Waals surface area contributed by atoms with E-state index in [1.54, 1.807) is 16.7 Å². The average Bonchev–Trinajstić information content (AvgIpc) is 3.69. The quantitative estimate of drug-likeness (QED) is 0.141. The Balaban J connectivity index is 1.45. The lowest BCUT2D eigenvalue weighted by Crippen LogP contribution is -2.62. The van der Waals surface area contributed by atoms with E-state index in [1.807, 2.05) is 13.2 Å². The number of hydrogen-bond acceptors (Lipinski definition) is 8. The molecule has 6 amide bonds. The second-order valence-electron chi connectivity index (χ2n) is 16.1. The highest BCUT2D eigenvalue weighted by atomic mass is 32.2. The lowest BCUT2D eigenvalue weighted by molar-refractivity contribution is -0.148. The Kier molecular flexibility index (Phi) is 18.4. The molecule has 14 heteroatoms. The highest BCUT2D eigenvalue weighted by Gasteiger charge is 2.43. The first-order chi connectivity index (χ1) is 26.0. The molecule has 4 fully saturated rings. The summed E-state index contributed by atoms with van der Waals surface area (Å²) in [5, 5.41) is 21.8. The smallest absolute Gasteiger partial charge is 0.246 e. The van der Waals surface area contributed by atoms with Crippen LogP contribution in [0.25, 0.3) is 0 Å². The summed E-state index contributed by atoms with van der Waals surface area (Å²) >= 11 is 1.55. The standard InChI is InChI=1S/C40H68N6O7S/c1-4-23-41-38(51)34(27(2)47)44-37(50)32-19-13-25-45(32)39(52)30(22-26-54-3)42-36(49)31-18-11-12-24-46(31)40(53)35(29-16-9-6-10-17-29)43-33(48)21-20-28-14-7-5-8-15-28/h27-32,34-35,47H,4-26H2,1-3H3,(H,41,51)(H,42,49)(H,43,48)(H,44,50)/t27-,30+,31+,32+,34+,35+/m1/s1. The Bertz CT molecular complexity index is 1260. The van der Waals surface area contributed by atoms with Gasteiger partial charge in [0.05, 0.1) is 6.10 Å². The van der Waals surface area contributed by atoms with E-state index in [0.29, 0.717) is 69.8 Å². The fraction of sp³-hybridized carbons (Fsp3) is 0.850. The number of aliphatic hydroxyl groups is 1. The summed E-state index contributed by atoms with van der Waals surface area (Å²) in [6.07, 6.45) is 16.9. The highest BCUT2D eigenvalue weighted by molar-refractivity contribution is 7.98. The minimum absolute atomic E-state index is 0.0239. The third-order valence-electron chi connectivity index (χ3n) is 12.0. The maximum atomic E-state index is 14.5. The van der Waals surface area contributed by atoms with Crippen molar-refractivity contribution in [1.82, 2.24) is 31.1 Å². The molecule has 4 rings (SSSR count). The molecular formula is C40H68N6O7S. The number of hydrogen-bond donors (Lipinski definition) is 5. The van der Waals surface area contributed by atoms with Gasteiger partial charge in [-0.05, 0) is 95.0 Å². The van der Waals surface area contributed by atoms with Gasteiger partial charge in [-0.1, -0.05) is 58.3 Å². The lowest BCUT2D eigenvalue weighted by Gasteiger charge is -2.40. The molecule has 0 aromatic rings. The van der Waals surface area contributed by atoms with Gasteiger partial charge in [-0.15, -0.1) is 0 Å². The molecule has 2 aliphatic carbocycles. The minimum atomic E-state index is -1.16. The van der Waals surface area contributed by atoms with Crippen LogP contribution in [0, 0.1) is 11.8 Å². The van der Waals surface area contributed by atoms with E-state index in [1.165, 1.54) is 31.1 Å². The Hall–Kier alpha value is -2.87. The molecule has 4 aliphatic rings. The Morgan fingerprint density at radius 3 is 1.98 bits per heavy atom. The third kappa shape index (κ3) is 12.6. The van der Waals surface area contributed by atoms with Crippen molar-refractivity contribution in [2.24, 2.45) is 11.8 Å². The van der Waals surface area contributed by atoms with E-state index < -0.39 is 54.0 Å². The summed E-state index contributed by atoms with van der Waals surface area (Å²) in [7, 11) is 0. The van der Waals surface area contributed by atoms with Crippen LogP contribution in [0.15, 0.2) is 0 Å². The number of thioether (sulfide) groups is 1. The van der Waals surface area contributed by atoms with Gasteiger partial charge in [-0.3, -0.25) is 28.8 Å². The SMILES string of the molecule is CCCNC(=O)[C@@H](NC(=O)[C@@H]1CCCN1C(=O)[C@H](CCSC)NC(=O)[C@@H]1CCCCN1C(=O)[C@@H](NC(=O)CCC1CCCCC1)C1CCCCC1)[C@@H](C)O. The molecule has 2 saturated carbocycles. The topological polar surface area (TPSA) is 177 Å². The summed E-state index contributed by atoms with van der Waals surface area (Å²) in [5.41, 5.74) is 0. The molecule has 2 saturated heterocycles. The van der Waals surface area contributed by atoms with Gasteiger partial charge >= 0.3 is 0 Å². The Morgan fingerprint density at radius 1 is 0.741 bits per heavy atom. The van der Waals surface area contributed by atoms with Gasteiger partial charge in [-0.25, -0.2) is 0 Å². The van der Waals surface area contributed by atoms with Crippen LogP contribution in [0.4, 0.5) is 0 Å². The first-order valence-electron chi connectivity index (χ1n) is 21.0. The molecule has 5 N–H and O–H groups in total. The molecule has 13 nitrogen and oxygen atoms in total. The number of likely N-dealkylation sites (tertiary alicyclic amines) is 2. The summed E-state index contributed by atoms with van der Waals surface area (Å²) in [6.45, 7) is 4.48. The van der Waals surface area contributed by atoms with Crippen molar-refractivity contribution < 1.29 is 33.9 Å². The number of carbonyl (C=O) groups is 6. The van der Waals surface area contributed by atoms with Crippen LogP contribution >= 0.6 is 11.8 Å². The van der Waals surface area contributed by atoms with Gasteiger partial charge in [0.1, 0.15) is 30.2 Å². The van der Waals surface area contributed by atoms with Crippen molar-refractivity contribution in [2.75, 3.05) is 31.6 Å². The van der Waals surface area contributed by atoms with E-state index in [9.17, 15) is 33.9 Å². The second-order valence-corrected chi connectivity index (χ2v) is 17.1. The molecule has 0 aromatic carbocycles. The number of aliphatic hydroxyl groups excluding tert-OH is 1. The summed E-state index contributed by atoms with van der Waals surface area (Å²) in [6, 6.07) is -4.37. The first-order valence-corrected chi connectivity index (χ1v) is 22.4. The molecule has 306 valence electrons. The van der Waals surface area contributed by atoms with E-state index in [4.69, 9.17) is 0 Å². The number of amides is 6. The fourth-order valence-electron chi connectivity index (χ4n) is 8.83. The predicted molar refractivity (Wildman–Crippen MR) is 210 cm³/mol. The summed E-state index contributed by atoms with van der Waals surface area (Å²) < 4.78 is 0. The molecule has 0 radical (unpaired) electrons. The highest BCUT2D eigenvalue weighted by Crippen LogP contribution is 2.31. The Labute approximate surface area is 327 Å². The van der Waals surface area contributed by atoms with Crippen molar-refractivity contribution in [3.63, 3.8) is 0 Å². The Morgan fingerprint density at radius 2 is 1.33 bits per heavy atom. The molecule has 0 aromatic heterocycles. The van der Waals surface area contributed by atoms with Crippen LogP contribution in [-0.2, 0) is 28.8 Å². The van der Waals surface area contributed by atoms with Crippen molar-refractivity contribution in [3.05, 3.63) is 0 Å². The van der Waals surface area contributed by atoms with Gasteiger partial charge in [-0.2, -0.15) is 11.8 Å². The fourth-order valence-corrected chi connectivity index (χ4v) is 9.30. The van der Waals surface area contributed by atoms with Crippen LogP contribution in [0.5, 0.6) is 0 Å². The van der Waals surface area contributed by atoms with Gasteiger partial charge in [0.2, 0.25) is 35.4 Å². The van der Waals surface area contributed by atoms with E-state index in [0.717, 1.165) is 64.2 Å². The maximum absolute atomic E-state index is 14.5. The molecule has 0 bridgehead atoms. The zero-order chi connectivity index (χ0) is 39.0. The van der Waals surface area contributed by atoms with E-state index in [2.05, 4.69) is 21.3 Å². The zero-order valence-electron chi connectivity index (χ0n) is 33.1. The van der Waals surface area contributed by atoms with Crippen LogP contribution in [0.1, 0.15) is 136 Å². The van der Waals surface area contributed by atoms with Crippen molar-refractivity contribution >= 4 is 47.2 Å². The number of piperidine rings is 1. The number of nitrogens with one attached hydrogen (secondary N) is 4. The van der Waals surface area contributed by atoms with Crippen LogP contribution in [-0.4, -0.2) is 118 Å².